The third-order valence-corrected chi connectivity index (χ3v) is 6.29. The van der Waals surface area contributed by atoms with E-state index >= 15 is 0 Å². The predicted molar refractivity (Wildman–Crippen MR) is 116 cm³/mol. The van der Waals surface area contributed by atoms with Crippen LogP contribution in [0.5, 0.6) is 0 Å². The molecule has 1 aliphatic rings. The molecule has 3 aromatic rings. The van der Waals surface area contributed by atoms with E-state index in [0.717, 1.165) is 30.4 Å². The standard InChI is InChI=1S/C27H26F4/c1-2-3-4-5-17-12-25(30)27(26(31)13-17)20-7-6-19-15-23(24(29)16-21(19)14-20)18-8-10-22(28)11-9-18/h8-13,15-16,20H,2-7,14H2,1H3. The van der Waals surface area contributed by atoms with Gasteiger partial charge in [0.25, 0.3) is 0 Å². The van der Waals surface area contributed by atoms with Gasteiger partial charge in [-0.3, -0.25) is 0 Å². The lowest BCUT2D eigenvalue weighted by molar-refractivity contribution is 0.488. The molecule has 31 heavy (non-hydrogen) atoms. The van der Waals surface area contributed by atoms with Crippen molar-refractivity contribution in [1.82, 2.24) is 0 Å². The Balaban J connectivity index is 1.58. The van der Waals surface area contributed by atoms with Gasteiger partial charge in [-0.15, -0.1) is 0 Å². The number of halogens is 4. The Morgan fingerprint density at radius 2 is 1.52 bits per heavy atom. The first-order valence-electron chi connectivity index (χ1n) is 11.0. The molecule has 0 spiro atoms. The first kappa shape index (κ1) is 21.6. The second-order valence-electron chi connectivity index (χ2n) is 8.48. The van der Waals surface area contributed by atoms with Crippen LogP contribution in [0.25, 0.3) is 11.1 Å². The van der Waals surface area contributed by atoms with E-state index in [0.29, 0.717) is 42.4 Å². The molecule has 0 fully saturated rings. The van der Waals surface area contributed by atoms with Crippen molar-refractivity contribution in [2.75, 3.05) is 0 Å². The van der Waals surface area contributed by atoms with E-state index in [9.17, 15) is 17.6 Å². The summed E-state index contributed by atoms with van der Waals surface area (Å²) in [6.45, 7) is 2.09. The number of hydrogen-bond donors (Lipinski definition) is 0. The molecule has 1 unspecified atom stereocenters. The first-order valence-corrected chi connectivity index (χ1v) is 11.0. The fourth-order valence-corrected chi connectivity index (χ4v) is 4.63. The maximum absolute atomic E-state index is 14.8. The molecule has 0 saturated carbocycles. The largest absolute Gasteiger partial charge is 0.207 e. The van der Waals surface area contributed by atoms with Crippen LogP contribution in [0.15, 0.2) is 48.5 Å². The second-order valence-corrected chi connectivity index (χ2v) is 8.48. The molecule has 0 aliphatic heterocycles. The highest BCUT2D eigenvalue weighted by Gasteiger charge is 2.27. The van der Waals surface area contributed by atoms with Gasteiger partial charge in [-0.2, -0.15) is 0 Å². The minimum Gasteiger partial charge on any atom is -0.207 e. The molecular weight excluding hydrogens is 400 g/mol. The number of unbranched alkanes of at least 4 members (excludes halogenated alkanes) is 2. The van der Waals surface area contributed by atoms with Gasteiger partial charge in [0.05, 0.1) is 0 Å². The van der Waals surface area contributed by atoms with Crippen molar-refractivity contribution in [3.05, 3.63) is 94.1 Å². The van der Waals surface area contributed by atoms with Gasteiger partial charge >= 0.3 is 0 Å². The first-order chi connectivity index (χ1) is 15.0. The van der Waals surface area contributed by atoms with Crippen LogP contribution in [0, 0.1) is 23.3 Å². The Bertz CT molecular complexity index is 1050. The average Bonchev–Trinajstić information content (AvgIpc) is 2.74. The highest BCUT2D eigenvalue weighted by Crippen LogP contribution is 2.38. The molecule has 0 radical (unpaired) electrons. The van der Waals surface area contributed by atoms with Crippen molar-refractivity contribution < 1.29 is 17.6 Å². The van der Waals surface area contributed by atoms with Gasteiger partial charge in [0, 0.05) is 11.1 Å². The summed E-state index contributed by atoms with van der Waals surface area (Å²) in [4.78, 5) is 0. The van der Waals surface area contributed by atoms with E-state index in [-0.39, 0.29) is 17.3 Å². The molecule has 0 saturated heterocycles. The van der Waals surface area contributed by atoms with Gasteiger partial charge in [0.1, 0.15) is 23.3 Å². The smallest absolute Gasteiger partial charge is 0.131 e. The monoisotopic (exact) mass is 426 g/mol. The molecule has 0 aromatic heterocycles. The van der Waals surface area contributed by atoms with E-state index in [4.69, 9.17) is 0 Å². The molecule has 0 amide bonds. The Morgan fingerprint density at radius 1 is 0.806 bits per heavy atom. The minimum atomic E-state index is -0.497. The molecular formula is C27H26F4. The molecule has 0 heterocycles. The predicted octanol–water partition coefficient (Wildman–Crippen LogP) is 7.92. The summed E-state index contributed by atoms with van der Waals surface area (Å²) in [6, 6.07) is 11.9. The summed E-state index contributed by atoms with van der Waals surface area (Å²) in [6.07, 6.45) is 5.31. The molecule has 4 rings (SSSR count). The van der Waals surface area contributed by atoms with E-state index in [1.165, 1.54) is 30.3 Å². The van der Waals surface area contributed by atoms with E-state index in [1.54, 1.807) is 18.2 Å². The third-order valence-electron chi connectivity index (χ3n) is 6.29. The third kappa shape index (κ3) is 4.68. The minimum absolute atomic E-state index is 0.118. The highest BCUT2D eigenvalue weighted by atomic mass is 19.1. The molecule has 0 nitrogen and oxygen atoms in total. The summed E-state index contributed by atoms with van der Waals surface area (Å²) in [5, 5.41) is 0. The topological polar surface area (TPSA) is 0 Å². The Hall–Kier alpha value is -2.62. The van der Waals surface area contributed by atoms with Crippen molar-refractivity contribution in [3.8, 4) is 11.1 Å². The quantitative estimate of drug-likeness (QED) is 0.277. The van der Waals surface area contributed by atoms with E-state index in [2.05, 4.69) is 6.92 Å². The van der Waals surface area contributed by atoms with Gasteiger partial charge in [-0.1, -0.05) is 31.9 Å². The van der Waals surface area contributed by atoms with Crippen LogP contribution < -0.4 is 0 Å². The molecule has 1 atom stereocenters. The maximum atomic E-state index is 14.8. The zero-order valence-corrected chi connectivity index (χ0v) is 17.7. The number of benzene rings is 3. The lowest BCUT2D eigenvalue weighted by atomic mass is 9.78. The van der Waals surface area contributed by atoms with Gasteiger partial charge in [0.15, 0.2) is 0 Å². The summed E-state index contributed by atoms with van der Waals surface area (Å²) >= 11 is 0. The van der Waals surface area contributed by atoms with Crippen molar-refractivity contribution in [1.29, 1.82) is 0 Å². The SMILES string of the molecule is CCCCCc1cc(F)c(C2CCc3cc(-c4ccc(F)cc4)c(F)cc3C2)c(F)c1. The van der Waals surface area contributed by atoms with Crippen LogP contribution in [0.3, 0.4) is 0 Å². The van der Waals surface area contributed by atoms with Gasteiger partial charge in [0.2, 0.25) is 0 Å². The molecule has 4 heteroatoms. The summed E-state index contributed by atoms with van der Waals surface area (Å²) in [7, 11) is 0. The molecule has 162 valence electrons. The van der Waals surface area contributed by atoms with Gasteiger partial charge in [-0.05, 0) is 96.7 Å². The van der Waals surface area contributed by atoms with Crippen molar-refractivity contribution in [3.63, 3.8) is 0 Å². The molecule has 0 bridgehead atoms. The number of fused-ring (bicyclic) bond motifs is 1. The van der Waals surface area contributed by atoms with Crippen LogP contribution in [0.4, 0.5) is 17.6 Å². The lowest BCUT2D eigenvalue weighted by Gasteiger charge is -2.26. The Kier molecular flexibility index (Phi) is 6.45. The van der Waals surface area contributed by atoms with Crippen LogP contribution >= 0.6 is 0 Å². The fraction of sp³-hybridized carbons (Fsp3) is 0.333. The van der Waals surface area contributed by atoms with Crippen LogP contribution in [0.2, 0.25) is 0 Å². The van der Waals surface area contributed by atoms with Crippen molar-refractivity contribution in [2.45, 2.75) is 57.8 Å². The van der Waals surface area contributed by atoms with E-state index in [1.807, 2.05) is 0 Å². The van der Waals surface area contributed by atoms with Gasteiger partial charge < -0.3 is 0 Å². The molecule has 0 N–H and O–H groups in total. The normalized spacial score (nSPS) is 15.7. The number of hydrogen-bond acceptors (Lipinski definition) is 0. The second kappa shape index (κ2) is 9.25. The average molecular weight is 426 g/mol. The Labute approximate surface area is 180 Å². The van der Waals surface area contributed by atoms with Crippen LogP contribution in [-0.2, 0) is 19.3 Å². The highest BCUT2D eigenvalue weighted by molar-refractivity contribution is 5.66. The summed E-state index contributed by atoms with van der Waals surface area (Å²) in [5.74, 6) is -2.08. The van der Waals surface area contributed by atoms with E-state index < -0.39 is 17.5 Å². The van der Waals surface area contributed by atoms with Crippen LogP contribution in [0.1, 0.15) is 60.8 Å². The number of aryl methyl sites for hydroxylation is 2. The molecule has 1 aliphatic carbocycles. The fourth-order valence-electron chi connectivity index (χ4n) is 4.63. The zero-order chi connectivity index (χ0) is 22.0. The van der Waals surface area contributed by atoms with Gasteiger partial charge in [-0.25, -0.2) is 17.6 Å². The van der Waals surface area contributed by atoms with Crippen molar-refractivity contribution in [2.24, 2.45) is 0 Å². The van der Waals surface area contributed by atoms with Crippen molar-refractivity contribution >= 4 is 0 Å². The zero-order valence-electron chi connectivity index (χ0n) is 17.7. The Morgan fingerprint density at radius 3 is 2.19 bits per heavy atom. The van der Waals surface area contributed by atoms with Crippen LogP contribution in [-0.4, -0.2) is 0 Å². The summed E-state index contributed by atoms with van der Waals surface area (Å²) < 4.78 is 57.7. The molecule has 3 aromatic carbocycles. The number of rotatable bonds is 6. The summed E-state index contributed by atoms with van der Waals surface area (Å²) in [5.41, 5.74) is 3.61. The lowest BCUT2D eigenvalue weighted by Crippen LogP contribution is -2.16. The maximum Gasteiger partial charge on any atom is 0.131 e.